The molecule has 0 bridgehead atoms. The van der Waals surface area contributed by atoms with Crippen LogP contribution in [0.2, 0.25) is 0 Å². The van der Waals surface area contributed by atoms with Crippen LogP contribution in [-0.2, 0) is 33.7 Å². The Morgan fingerprint density at radius 3 is 2.81 bits per heavy atom. The molecule has 3 aliphatic rings. The molecule has 0 saturated carbocycles. The van der Waals surface area contributed by atoms with E-state index in [4.69, 9.17) is 14.5 Å². The van der Waals surface area contributed by atoms with Crippen LogP contribution in [0.4, 0.5) is 0 Å². The van der Waals surface area contributed by atoms with Gasteiger partial charge >= 0.3 is 5.97 Å². The Kier molecular flexibility index (Phi) is 4.73. The third-order valence-corrected chi connectivity index (χ3v) is 8.01. The van der Waals surface area contributed by atoms with Gasteiger partial charge in [0, 0.05) is 17.9 Å². The molecule has 1 aliphatic carbocycles. The van der Waals surface area contributed by atoms with Gasteiger partial charge in [0.1, 0.15) is 10.1 Å². The number of rotatable bonds is 4. The number of carbonyl (C=O) groups is 1. The summed E-state index contributed by atoms with van der Waals surface area (Å²) in [5.41, 5.74) is 1.24. The van der Waals surface area contributed by atoms with Crippen molar-refractivity contribution in [3.05, 3.63) is 20.8 Å². The van der Waals surface area contributed by atoms with Crippen molar-refractivity contribution in [2.45, 2.75) is 68.0 Å². The summed E-state index contributed by atoms with van der Waals surface area (Å²) in [4.78, 5) is 32.4. The molecule has 4 heterocycles. The van der Waals surface area contributed by atoms with Crippen molar-refractivity contribution in [1.29, 1.82) is 0 Å². The third-order valence-electron chi connectivity index (χ3n) is 5.58. The minimum absolute atomic E-state index is 0.0313. The van der Waals surface area contributed by atoms with Crippen molar-refractivity contribution in [1.82, 2.24) is 9.55 Å². The lowest BCUT2D eigenvalue weighted by atomic mass is 9.97. The predicted molar refractivity (Wildman–Crippen MR) is 105 cm³/mol. The summed E-state index contributed by atoms with van der Waals surface area (Å²) >= 11 is 3.03. The first kappa shape index (κ1) is 17.7. The van der Waals surface area contributed by atoms with Crippen LogP contribution in [0.3, 0.4) is 0 Å². The Morgan fingerprint density at radius 1 is 1.15 bits per heavy atom. The van der Waals surface area contributed by atoms with E-state index in [0.717, 1.165) is 48.9 Å². The smallest absolute Gasteiger partial charge is 0.319 e. The van der Waals surface area contributed by atoms with Gasteiger partial charge in [-0.25, -0.2) is 4.98 Å². The Bertz CT molecular complexity index is 945. The molecule has 2 aromatic rings. The first-order chi connectivity index (χ1) is 13.2. The highest BCUT2D eigenvalue weighted by Gasteiger charge is 2.31. The second-order valence-corrected chi connectivity index (χ2v) is 9.65. The fraction of sp³-hybridized carbons (Fsp3) is 0.632. The number of thiophene rings is 1. The number of esters is 1. The molecule has 27 heavy (non-hydrogen) atoms. The van der Waals surface area contributed by atoms with Gasteiger partial charge in [0.05, 0.1) is 24.6 Å². The van der Waals surface area contributed by atoms with E-state index in [1.807, 2.05) is 0 Å². The monoisotopic (exact) mass is 406 g/mol. The fourth-order valence-corrected chi connectivity index (χ4v) is 6.55. The van der Waals surface area contributed by atoms with Gasteiger partial charge in [-0.1, -0.05) is 11.8 Å². The minimum atomic E-state index is -0.278. The lowest BCUT2D eigenvalue weighted by Gasteiger charge is -2.17. The van der Waals surface area contributed by atoms with E-state index in [2.05, 4.69) is 0 Å². The maximum Gasteiger partial charge on any atom is 0.319 e. The Labute approximate surface area is 165 Å². The zero-order valence-electron chi connectivity index (χ0n) is 15.1. The van der Waals surface area contributed by atoms with Crippen molar-refractivity contribution in [3.63, 3.8) is 0 Å². The van der Waals surface area contributed by atoms with Gasteiger partial charge < -0.3 is 9.47 Å². The lowest BCUT2D eigenvalue weighted by Crippen LogP contribution is -2.29. The quantitative estimate of drug-likeness (QED) is 0.574. The van der Waals surface area contributed by atoms with Gasteiger partial charge in [0.25, 0.3) is 5.56 Å². The highest BCUT2D eigenvalue weighted by molar-refractivity contribution is 8.00. The topological polar surface area (TPSA) is 70.4 Å². The van der Waals surface area contributed by atoms with Crippen molar-refractivity contribution in [2.75, 3.05) is 13.2 Å². The molecule has 0 unspecified atom stereocenters. The van der Waals surface area contributed by atoms with Crippen LogP contribution in [0.5, 0.6) is 0 Å². The highest BCUT2D eigenvalue weighted by atomic mass is 32.2. The number of ether oxygens (including phenoxy) is 2. The van der Waals surface area contributed by atoms with Crippen LogP contribution in [0.25, 0.3) is 10.2 Å². The minimum Gasteiger partial charge on any atom is -0.465 e. The highest BCUT2D eigenvalue weighted by Crippen LogP contribution is 2.36. The third kappa shape index (κ3) is 3.21. The Hall–Kier alpha value is -1.38. The SMILES string of the molecule is O=C1OCC[C@@H]1Sc1nc2sc3c(c2c(=O)n1C[C@@H]1CCCO1)CCCC3. The second kappa shape index (κ2) is 7.22. The van der Waals surface area contributed by atoms with Gasteiger partial charge in [0.2, 0.25) is 0 Å². The first-order valence-corrected chi connectivity index (χ1v) is 11.4. The molecule has 2 aliphatic heterocycles. The van der Waals surface area contributed by atoms with Gasteiger partial charge in [-0.05, 0) is 44.1 Å². The Morgan fingerprint density at radius 2 is 2.04 bits per heavy atom. The molecule has 6 nitrogen and oxygen atoms in total. The van der Waals surface area contributed by atoms with E-state index in [1.54, 1.807) is 15.9 Å². The molecule has 2 aromatic heterocycles. The van der Waals surface area contributed by atoms with Gasteiger partial charge in [-0.15, -0.1) is 11.3 Å². The average Bonchev–Trinajstić information content (AvgIpc) is 3.39. The van der Waals surface area contributed by atoms with Crippen LogP contribution >= 0.6 is 23.1 Å². The molecule has 0 aromatic carbocycles. The van der Waals surface area contributed by atoms with E-state index in [-0.39, 0.29) is 22.9 Å². The molecule has 0 N–H and O–H groups in total. The summed E-state index contributed by atoms with van der Waals surface area (Å²) in [6.45, 7) is 1.71. The molecule has 2 fully saturated rings. The number of thioether (sulfide) groups is 1. The van der Waals surface area contributed by atoms with Gasteiger partial charge in [0.15, 0.2) is 5.16 Å². The number of carbonyl (C=O) groups excluding carboxylic acids is 1. The molecule has 0 spiro atoms. The largest absolute Gasteiger partial charge is 0.465 e. The molecule has 144 valence electrons. The molecule has 5 rings (SSSR count). The van der Waals surface area contributed by atoms with Crippen molar-refractivity contribution >= 4 is 39.3 Å². The van der Waals surface area contributed by atoms with E-state index < -0.39 is 0 Å². The van der Waals surface area contributed by atoms with E-state index in [9.17, 15) is 9.59 Å². The molecular weight excluding hydrogens is 384 g/mol. The fourth-order valence-electron chi connectivity index (χ4n) is 4.17. The van der Waals surface area contributed by atoms with Gasteiger partial charge in [-0.3, -0.25) is 14.2 Å². The molecule has 0 radical (unpaired) electrons. The maximum atomic E-state index is 13.5. The second-order valence-electron chi connectivity index (χ2n) is 7.40. The van der Waals surface area contributed by atoms with Crippen LogP contribution in [-0.4, -0.2) is 40.1 Å². The zero-order chi connectivity index (χ0) is 18.4. The number of hydrogen-bond donors (Lipinski definition) is 0. The van der Waals surface area contributed by atoms with Crippen molar-refractivity contribution < 1.29 is 14.3 Å². The predicted octanol–water partition coefficient (Wildman–Crippen LogP) is 2.92. The van der Waals surface area contributed by atoms with Gasteiger partial charge in [-0.2, -0.15) is 0 Å². The maximum absolute atomic E-state index is 13.5. The summed E-state index contributed by atoms with van der Waals surface area (Å²) in [7, 11) is 0. The Balaban J connectivity index is 1.61. The normalized spacial score (nSPS) is 25.1. The summed E-state index contributed by atoms with van der Waals surface area (Å²) < 4.78 is 12.6. The number of cyclic esters (lactones) is 1. The first-order valence-electron chi connectivity index (χ1n) is 9.70. The molecule has 0 amide bonds. The summed E-state index contributed by atoms with van der Waals surface area (Å²) in [6.07, 6.45) is 7.02. The van der Waals surface area contributed by atoms with E-state index >= 15 is 0 Å². The number of hydrogen-bond acceptors (Lipinski definition) is 7. The van der Waals surface area contributed by atoms with Crippen LogP contribution in [0.1, 0.15) is 42.5 Å². The van der Waals surface area contributed by atoms with Crippen LogP contribution < -0.4 is 5.56 Å². The van der Waals surface area contributed by atoms with E-state index in [0.29, 0.717) is 24.7 Å². The van der Waals surface area contributed by atoms with Crippen molar-refractivity contribution in [2.24, 2.45) is 0 Å². The molecule has 2 saturated heterocycles. The number of aromatic nitrogens is 2. The summed E-state index contributed by atoms with van der Waals surface area (Å²) in [5.74, 6) is -0.205. The van der Waals surface area contributed by atoms with Crippen LogP contribution in [0, 0.1) is 0 Å². The van der Waals surface area contributed by atoms with Crippen molar-refractivity contribution in [3.8, 4) is 0 Å². The standard InChI is InChI=1S/C19H22N2O4S2/c22-17-15-12-5-1-2-6-13(12)26-16(15)20-19(27-14-7-9-25-18(14)23)21(17)10-11-4-3-8-24-11/h11,14H,1-10H2/t11-,14-/m0/s1. The van der Waals surface area contributed by atoms with Crippen LogP contribution in [0.15, 0.2) is 9.95 Å². The molecular formula is C19H22N2O4S2. The molecule has 2 atom stereocenters. The van der Waals surface area contributed by atoms with E-state index in [1.165, 1.54) is 28.6 Å². The lowest BCUT2D eigenvalue weighted by molar-refractivity contribution is -0.137. The number of nitrogens with zero attached hydrogens (tertiary/aromatic N) is 2. The molecule has 8 heteroatoms. The average molecular weight is 407 g/mol. The summed E-state index contributed by atoms with van der Waals surface area (Å²) in [6, 6.07) is 0. The zero-order valence-corrected chi connectivity index (χ0v) is 16.7. The number of fused-ring (bicyclic) bond motifs is 3. The summed E-state index contributed by atoms with van der Waals surface area (Å²) in [5, 5.41) is 1.15. The number of aryl methyl sites for hydroxylation is 2.